The minimum atomic E-state index is -3.74. The molecular weight excluding hydrogens is 292 g/mol. The van der Waals surface area contributed by atoms with E-state index in [0.717, 1.165) is 25.9 Å². The molecule has 6 nitrogen and oxygen atoms in total. The van der Waals surface area contributed by atoms with Crippen molar-refractivity contribution in [1.82, 2.24) is 4.90 Å². The van der Waals surface area contributed by atoms with Crippen LogP contribution in [0, 0.1) is 13.8 Å². The SMILES string of the molecule is Cc1cc(S(N)(=O)=O)cc(C)c1OCC(=O)N1CCCC1. The normalized spacial score (nSPS) is 15.3. The van der Waals surface area contributed by atoms with Gasteiger partial charge in [-0.2, -0.15) is 0 Å². The lowest BCUT2D eigenvalue weighted by atomic mass is 10.1. The summed E-state index contributed by atoms with van der Waals surface area (Å²) in [7, 11) is -3.74. The number of carbonyl (C=O) groups excluding carboxylic acids is 1. The molecule has 1 fully saturated rings. The second kappa shape index (κ2) is 6.03. The monoisotopic (exact) mass is 312 g/mol. The molecule has 0 aromatic heterocycles. The van der Waals surface area contributed by atoms with Gasteiger partial charge in [0, 0.05) is 13.1 Å². The van der Waals surface area contributed by atoms with Gasteiger partial charge >= 0.3 is 0 Å². The Morgan fingerprint density at radius 3 is 2.24 bits per heavy atom. The molecule has 0 saturated carbocycles. The van der Waals surface area contributed by atoms with Crippen LogP contribution in [0.15, 0.2) is 17.0 Å². The lowest BCUT2D eigenvalue weighted by molar-refractivity contribution is -0.132. The van der Waals surface area contributed by atoms with E-state index < -0.39 is 10.0 Å². The van der Waals surface area contributed by atoms with Gasteiger partial charge in [-0.1, -0.05) is 0 Å². The maximum atomic E-state index is 12.0. The maximum absolute atomic E-state index is 12.0. The van der Waals surface area contributed by atoms with Crippen molar-refractivity contribution in [2.75, 3.05) is 19.7 Å². The van der Waals surface area contributed by atoms with E-state index in [1.54, 1.807) is 18.7 Å². The summed E-state index contributed by atoms with van der Waals surface area (Å²) in [6.45, 7) is 5.00. The number of aryl methyl sites for hydroxylation is 2. The number of amides is 1. The fourth-order valence-electron chi connectivity index (χ4n) is 2.49. The van der Waals surface area contributed by atoms with Crippen LogP contribution in [0.25, 0.3) is 0 Å². The van der Waals surface area contributed by atoms with E-state index in [0.29, 0.717) is 16.9 Å². The Morgan fingerprint density at radius 1 is 1.24 bits per heavy atom. The summed E-state index contributed by atoms with van der Waals surface area (Å²) in [6.07, 6.45) is 2.07. The van der Waals surface area contributed by atoms with E-state index in [9.17, 15) is 13.2 Å². The zero-order chi connectivity index (χ0) is 15.6. The van der Waals surface area contributed by atoms with Crippen molar-refractivity contribution < 1.29 is 17.9 Å². The number of likely N-dealkylation sites (tertiary alicyclic amines) is 1. The molecule has 1 saturated heterocycles. The first-order valence-corrected chi connectivity index (χ1v) is 8.38. The number of nitrogens with two attached hydrogens (primary N) is 1. The quantitative estimate of drug-likeness (QED) is 0.896. The molecule has 1 aromatic carbocycles. The minimum absolute atomic E-state index is 0.0313. The third-order valence-electron chi connectivity index (χ3n) is 3.56. The second-order valence-corrected chi connectivity index (χ2v) is 6.87. The van der Waals surface area contributed by atoms with Crippen molar-refractivity contribution in [2.24, 2.45) is 5.14 Å². The zero-order valence-corrected chi connectivity index (χ0v) is 13.1. The highest BCUT2D eigenvalue weighted by Crippen LogP contribution is 2.26. The van der Waals surface area contributed by atoms with Gasteiger partial charge in [-0.15, -0.1) is 0 Å². The summed E-state index contributed by atoms with van der Waals surface area (Å²) < 4.78 is 28.3. The predicted octanol–water partition coefficient (Wildman–Crippen LogP) is 0.952. The molecule has 0 spiro atoms. The molecule has 7 heteroatoms. The van der Waals surface area contributed by atoms with Crippen LogP contribution in [0.1, 0.15) is 24.0 Å². The van der Waals surface area contributed by atoms with Crippen LogP contribution in [0.4, 0.5) is 0 Å². The Balaban J connectivity index is 2.12. The van der Waals surface area contributed by atoms with Crippen molar-refractivity contribution in [3.8, 4) is 5.75 Å². The molecule has 1 aliphatic heterocycles. The highest BCUT2D eigenvalue weighted by molar-refractivity contribution is 7.89. The van der Waals surface area contributed by atoms with E-state index in [1.165, 1.54) is 12.1 Å². The summed E-state index contributed by atoms with van der Waals surface area (Å²) in [5.41, 5.74) is 1.29. The Labute approximate surface area is 124 Å². The van der Waals surface area contributed by atoms with Crippen LogP contribution in [0.2, 0.25) is 0 Å². The van der Waals surface area contributed by atoms with Crippen molar-refractivity contribution >= 4 is 15.9 Å². The third kappa shape index (κ3) is 3.74. The molecule has 0 radical (unpaired) electrons. The molecule has 2 rings (SSSR count). The first-order valence-electron chi connectivity index (χ1n) is 6.83. The number of primary sulfonamides is 1. The second-order valence-electron chi connectivity index (χ2n) is 5.31. The van der Waals surface area contributed by atoms with Gasteiger partial charge in [0.1, 0.15) is 5.75 Å². The van der Waals surface area contributed by atoms with Gasteiger partial charge in [-0.05, 0) is 49.9 Å². The number of hydrogen-bond donors (Lipinski definition) is 1. The molecule has 0 atom stereocenters. The Hall–Kier alpha value is -1.60. The molecule has 116 valence electrons. The molecule has 1 heterocycles. The predicted molar refractivity (Wildman–Crippen MR) is 78.6 cm³/mol. The van der Waals surface area contributed by atoms with E-state index in [-0.39, 0.29) is 17.4 Å². The van der Waals surface area contributed by atoms with E-state index in [1.807, 2.05) is 0 Å². The van der Waals surface area contributed by atoms with Crippen molar-refractivity contribution in [2.45, 2.75) is 31.6 Å². The number of benzene rings is 1. The van der Waals surface area contributed by atoms with Crippen LogP contribution < -0.4 is 9.88 Å². The number of rotatable bonds is 4. The summed E-state index contributed by atoms with van der Waals surface area (Å²) in [4.78, 5) is 13.8. The molecule has 1 amide bonds. The van der Waals surface area contributed by atoms with Gasteiger partial charge in [0.05, 0.1) is 4.90 Å². The largest absolute Gasteiger partial charge is 0.483 e. The molecule has 1 aromatic rings. The fourth-order valence-corrected chi connectivity index (χ4v) is 3.18. The fraction of sp³-hybridized carbons (Fsp3) is 0.500. The topological polar surface area (TPSA) is 89.7 Å². The molecule has 0 bridgehead atoms. The highest BCUT2D eigenvalue weighted by atomic mass is 32.2. The van der Waals surface area contributed by atoms with Gasteiger partial charge in [0.15, 0.2) is 6.61 Å². The highest BCUT2D eigenvalue weighted by Gasteiger charge is 2.19. The average Bonchev–Trinajstić information content (AvgIpc) is 2.90. The van der Waals surface area contributed by atoms with Gasteiger partial charge in [-0.3, -0.25) is 4.79 Å². The van der Waals surface area contributed by atoms with Crippen LogP contribution in [-0.2, 0) is 14.8 Å². The smallest absolute Gasteiger partial charge is 0.260 e. The van der Waals surface area contributed by atoms with E-state index in [4.69, 9.17) is 9.88 Å². The first kappa shape index (κ1) is 15.8. The molecule has 0 aliphatic carbocycles. The van der Waals surface area contributed by atoms with Crippen molar-refractivity contribution in [3.05, 3.63) is 23.3 Å². The Morgan fingerprint density at radius 2 is 1.76 bits per heavy atom. The molecular formula is C14H20N2O4S. The van der Waals surface area contributed by atoms with Crippen LogP contribution in [0.5, 0.6) is 5.75 Å². The van der Waals surface area contributed by atoms with Gasteiger partial charge in [-0.25, -0.2) is 13.6 Å². The molecule has 21 heavy (non-hydrogen) atoms. The minimum Gasteiger partial charge on any atom is -0.483 e. The Bertz CT molecular complexity index is 626. The van der Waals surface area contributed by atoms with Crippen molar-refractivity contribution in [3.63, 3.8) is 0 Å². The van der Waals surface area contributed by atoms with Gasteiger partial charge < -0.3 is 9.64 Å². The summed E-state index contributed by atoms with van der Waals surface area (Å²) in [5.74, 6) is 0.497. The summed E-state index contributed by atoms with van der Waals surface area (Å²) in [5, 5.41) is 5.12. The number of carbonyl (C=O) groups is 1. The van der Waals surface area contributed by atoms with E-state index in [2.05, 4.69) is 0 Å². The summed E-state index contributed by atoms with van der Waals surface area (Å²) in [6, 6.07) is 2.91. The Kier molecular flexibility index (Phi) is 4.53. The number of ether oxygens (including phenoxy) is 1. The molecule has 2 N–H and O–H groups in total. The molecule has 0 unspecified atom stereocenters. The van der Waals surface area contributed by atoms with Gasteiger partial charge in [0.25, 0.3) is 5.91 Å². The van der Waals surface area contributed by atoms with Crippen LogP contribution >= 0.6 is 0 Å². The number of nitrogens with zero attached hydrogens (tertiary/aromatic N) is 1. The summed E-state index contributed by atoms with van der Waals surface area (Å²) >= 11 is 0. The van der Waals surface area contributed by atoms with Crippen LogP contribution in [-0.4, -0.2) is 38.9 Å². The average molecular weight is 312 g/mol. The number of hydrogen-bond acceptors (Lipinski definition) is 4. The zero-order valence-electron chi connectivity index (χ0n) is 12.3. The lowest BCUT2D eigenvalue weighted by Gasteiger charge is -2.17. The molecule has 1 aliphatic rings. The maximum Gasteiger partial charge on any atom is 0.260 e. The van der Waals surface area contributed by atoms with Crippen LogP contribution in [0.3, 0.4) is 0 Å². The van der Waals surface area contributed by atoms with E-state index >= 15 is 0 Å². The third-order valence-corrected chi connectivity index (χ3v) is 4.45. The standard InChI is InChI=1S/C14H20N2O4S/c1-10-7-12(21(15,18)19)8-11(2)14(10)20-9-13(17)16-5-3-4-6-16/h7-8H,3-6,9H2,1-2H3,(H2,15,18,19). The van der Waals surface area contributed by atoms with Gasteiger partial charge in [0.2, 0.25) is 10.0 Å². The number of sulfonamides is 1. The van der Waals surface area contributed by atoms with Crippen molar-refractivity contribution in [1.29, 1.82) is 0 Å². The first-order chi connectivity index (χ1) is 9.79. The lowest BCUT2D eigenvalue weighted by Crippen LogP contribution is -2.32.